The number of hydrogen-bond acceptors (Lipinski definition) is 4. The second-order valence-corrected chi connectivity index (χ2v) is 5.97. The van der Waals surface area contributed by atoms with Gasteiger partial charge in [0.25, 0.3) is 5.91 Å². The van der Waals surface area contributed by atoms with Crippen molar-refractivity contribution in [3.05, 3.63) is 17.8 Å². The summed E-state index contributed by atoms with van der Waals surface area (Å²) in [5.41, 5.74) is 6.27. The number of nitrogens with two attached hydrogens (primary N) is 1. The zero-order chi connectivity index (χ0) is 15.8. The summed E-state index contributed by atoms with van der Waals surface area (Å²) in [7, 11) is 0. The van der Waals surface area contributed by atoms with Crippen LogP contribution in [0.4, 0.5) is 0 Å². The summed E-state index contributed by atoms with van der Waals surface area (Å²) in [5, 5.41) is 2.94. The summed E-state index contributed by atoms with van der Waals surface area (Å²) in [6, 6.07) is -0.278. The molecule has 5 heteroatoms. The maximum absolute atomic E-state index is 12.1. The first-order chi connectivity index (χ1) is 9.99. The third kappa shape index (κ3) is 5.50. The van der Waals surface area contributed by atoms with Gasteiger partial charge in [0.05, 0.1) is 6.04 Å². The van der Waals surface area contributed by atoms with Crippen LogP contribution in [0.5, 0.6) is 0 Å². The van der Waals surface area contributed by atoms with E-state index in [9.17, 15) is 4.79 Å². The third-order valence-electron chi connectivity index (χ3n) is 3.85. The predicted octanol–water partition coefficient (Wildman–Crippen LogP) is 3.28. The minimum Gasteiger partial charge on any atom is -0.446 e. The zero-order valence-electron chi connectivity index (χ0n) is 13.7. The monoisotopic (exact) mass is 295 g/mol. The fourth-order valence-electron chi connectivity index (χ4n) is 2.10. The number of rotatable bonds is 9. The largest absolute Gasteiger partial charge is 0.446 e. The van der Waals surface area contributed by atoms with Gasteiger partial charge in [-0.05, 0) is 18.3 Å². The molecule has 1 aromatic rings. The van der Waals surface area contributed by atoms with Gasteiger partial charge >= 0.3 is 0 Å². The van der Waals surface area contributed by atoms with E-state index in [1.807, 2.05) is 13.8 Å². The molecule has 1 aromatic heterocycles. The lowest BCUT2D eigenvalue weighted by molar-refractivity contribution is 0.0940. The topological polar surface area (TPSA) is 81.2 Å². The van der Waals surface area contributed by atoms with E-state index in [0.717, 1.165) is 12.8 Å². The highest BCUT2D eigenvalue weighted by atomic mass is 16.3. The molecule has 2 unspecified atom stereocenters. The smallest absolute Gasteiger partial charge is 0.273 e. The molecule has 5 nitrogen and oxygen atoms in total. The van der Waals surface area contributed by atoms with Crippen LogP contribution in [0.25, 0.3) is 0 Å². The average Bonchev–Trinajstić information content (AvgIpc) is 2.96. The molecular formula is C16H29N3O2. The molecule has 0 aliphatic carbocycles. The van der Waals surface area contributed by atoms with Crippen LogP contribution in [0.15, 0.2) is 10.7 Å². The predicted molar refractivity (Wildman–Crippen MR) is 83.9 cm³/mol. The molecule has 1 rings (SSSR count). The van der Waals surface area contributed by atoms with Crippen molar-refractivity contribution in [2.75, 3.05) is 6.54 Å². The van der Waals surface area contributed by atoms with E-state index in [1.165, 1.54) is 19.1 Å². The quantitative estimate of drug-likeness (QED) is 0.732. The van der Waals surface area contributed by atoms with Crippen molar-refractivity contribution in [1.82, 2.24) is 10.3 Å². The Morgan fingerprint density at radius 3 is 2.71 bits per heavy atom. The molecular weight excluding hydrogens is 266 g/mol. The minimum absolute atomic E-state index is 0.184. The molecule has 2 atom stereocenters. The summed E-state index contributed by atoms with van der Waals surface area (Å²) < 4.78 is 5.31. The molecule has 21 heavy (non-hydrogen) atoms. The Kier molecular flexibility index (Phi) is 7.43. The number of amides is 1. The van der Waals surface area contributed by atoms with Gasteiger partial charge in [0.15, 0.2) is 5.69 Å². The maximum Gasteiger partial charge on any atom is 0.273 e. The summed E-state index contributed by atoms with van der Waals surface area (Å²) in [6.45, 7) is 9.01. The van der Waals surface area contributed by atoms with Crippen LogP contribution in [-0.4, -0.2) is 17.4 Å². The Labute approximate surface area is 127 Å². The number of nitrogens with one attached hydrogen (secondary N) is 1. The number of aromatic nitrogens is 1. The van der Waals surface area contributed by atoms with Crippen molar-refractivity contribution in [2.24, 2.45) is 17.6 Å². The molecule has 3 N–H and O–H groups in total. The van der Waals surface area contributed by atoms with Gasteiger partial charge in [-0.25, -0.2) is 4.98 Å². The number of hydrogen-bond donors (Lipinski definition) is 2. The molecule has 1 heterocycles. The van der Waals surface area contributed by atoms with Gasteiger partial charge in [-0.15, -0.1) is 0 Å². The lowest BCUT2D eigenvalue weighted by atomic mass is 9.99. The lowest BCUT2D eigenvalue weighted by Gasteiger charge is -2.14. The molecule has 0 saturated heterocycles. The fourth-order valence-corrected chi connectivity index (χ4v) is 2.10. The van der Waals surface area contributed by atoms with Gasteiger partial charge in [-0.1, -0.05) is 47.0 Å². The fraction of sp³-hybridized carbons (Fsp3) is 0.750. The van der Waals surface area contributed by atoms with Crippen molar-refractivity contribution in [3.63, 3.8) is 0 Å². The van der Waals surface area contributed by atoms with E-state index in [0.29, 0.717) is 24.0 Å². The van der Waals surface area contributed by atoms with Crippen LogP contribution in [0.3, 0.4) is 0 Å². The first kappa shape index (κ1) is 17.7. The van der Waals surface area contributed by atoms with E-state index in [2.05, 4.69) is 24.1 Å². The molecule has 0 spiro atoms. The summed E-state index contributed by atoms with van der Waals surface area (Å²) in [6.07, 6.45) is 5.99. The van der Waals surface area contributed by atoms with Crippen molar-refractivity contribution in [2.45, 2.75) is 59.4 Å². The van der Waals surface area contributed by atoms with Crippen molar-refractivity contribution >= 4 is 5.91 Å². The zero-order valence-corrected chi connectivity index (χ0v) is 13.7. The highest BCUT2D eigenvalue weighted by molar-refractivity contribution is 5.91. The number of oxazole rings is 1. The number of unbranched alkanes of at least 4 members (excludes halogenated alkanes) is 1. The van der Waals surface area contributed by atoms with Gasteiger partial charge in [0.2, 0.25) is 5.89 Å². The van der Waals surface area contributed by atoms with Crippen molar-refractivity contribution in [3.8, 4) is 0 Å². The summed E-state index contributed by atoms with van der Waals surface area (Å²) >= 11 is 0. The van der Waals surface area contributed by atoms with Crippen LogP contribution < -0.4 is 11.1 Å². The first-order valence-corrected chi connectivity index (χ1v) is 7.98. The van der Waals surface area contributed by atoms with Crippen LogP contribution in [0, 0.1) is 11.8 Å². The summed E-state index contributed by atoms with van der Waals surface area (Å²) in [4.78, 5) is 16.3. The summed E-state index contributed by atoms with van der Waals surface area (Å²) in [5.74, 6) is 0.986. The van der Waals surface area contributed by atoms with Crippen molar-refractivity contribution in [1.29, 1.82) is 0 Å². The van der Waals surface area contributed by atoms with Gasteiger partial charge in [0.1, 0.15) is 6.26 Å². The van der Waals surface area contributed by atoms with Crippen LogP contribution in [0.1, 0.15) is 75.8 Å². The van der Waals surface area contributed by atoms with E-state index >= 15 is 0 Å². The van der Waals surface area contributed by atoms with Gasteiger partial charge < -0.3 is 15.5 Å². The molecule has 120 valence electrons. The van der Waals surface area contributed by atoms with E-state index in [4.69, 9.17) is 10.2 Å². The molecule has 0 fully saturated rings. The molecule has 0 saturated carbocycles. The van der Waals surface area contributed by atoms with Crippen LogP contribution in [-0.2, 0) is 0 Å². The number of carbonyl (C=O) groups is 1. The van der Waals surface area contributed by atoms with E-state index in [-0.39, 0.29) is 17.9 Å². The normalized spacial score (nSPS) is 14.2. The Morgan fingerprint density at radius 1 is 1.43 bits per heavy atom. The SMILES string of the molecule is CCCCC(CC)CNC(=O)c1coc(C(N)C(C)C)n1. The maximum atomic E-state index is 12.1. The minimum atomic E-state index is -0.278. The highest BCUT2D eigenvalue weighted by Gasteiger charge is 2.19. The Balaban J connectivity index is 2.52. The molecule has 0 aromatic carbocycles. The Hall–Kier alpha value is -1.36. The third-order valence-corrected chi connectivity index (χ3v) is 3.85. The Morgan fingerprint density at radius 2 is 2.14 bits per heavy atom. The van der Waals surface area contributed by atoms with Gasteiger partial charge in [0, 0.05) is 6.54 Å². The second-order valence-electron chi connectivity index (χ2n) is 5.97. The van der Waals surface area contributed by atoms with Crippen LogP contribution in [0.2, 0.25) is 0 Å². The van der Waals surface area contributed by atoms with E-state index in [1.54, 1.807) is 0 Å². The average molecular weight is 295 g/mol. The molecule has 0 aliphatic heterocycles. The highest BCUT2D eigenvalue weighted by Crippen LogP contribution is 2.18. The van der Waals surface area contributed by atoms with Crippen molar-refractivity contribution < 1.29 is 9.21 Å². The number of carbonyl (C=O) groups excluding carboxylic acids is 1. The van der Waals surface area contributed by atoms with E-state index < -0.39 is 0 Å². The lowest BCUT2D eigenvalue weighted by Crippen LogP contribution is -2.29. The Bertz CT molecular complexity index is 429. The molecule has 1 amide bonds. The molecule has 0 radical (unpaired) electrons. The van der Waals surface area contributed by atoms with Gasteiger partial charge in [-0.3, -0.25) is 4.79 Å². The molecule has 0 aliphatic rings. The number of nitrogens with zero attached hydrogens (tertiary/aromatic N) is 1. The molecule has 0 bridgehead atoms. The second kappa shape index (κ2) is 8.82. The van der Waals surface area contributed by atoms with Crippen LogP contribution >= 0.6 is 0 Å². The standard InChI is InChI=1S/C16H29N3O2/c1-5-7-8-12(6-2)9-18-15(20)13-10-21-16(19-13)14(17)11(3)4/h10-12,14H,5-9,17H2,1-4H3,(H,18,20). The van der Waals surface area contributed by atoms with Gasteiger partial charge in [-0.2, -0.15) is 0 Å². The first-order valence-electron chi connectivity index (χ1n) is 7.98.